The molecule has 0 spiro atoms. The Labute approximate surface area is 112 Å². The number of amides is 1. The average Bonchev–Trinajstić information content (AvgIpc) is 2.42. The zero-order valence-corrected chi connectivity index (χ0v) is 11.2. The van der Waals surface area contributed by atoms with Gasteiger partial charge in [0.25, 0.3) is 0 Å². The first-order chi connectivity index (χ1) is 9.00. The van der Waals surface area contributed by atoms with Crippen molar-refractivity contribution in [1.29, 1.82) is 0 Å². The third kappa shape index (κ3) is 3.27. The van der Waals surface area contributed by atoms with Crippen LogP contribution in [0.5, 0.6) is 0 Å². The quantitative estimate of drug-likeness (QED) is 0.796. The smallest absolute Gasteiger partial charge is 0.244 e. The molecule has 0 unspecified atom stereocenters. The van der Waals surface area contributed by atoms with Gasteiger partial charge in [-0.05, 0) is 26.0 Å². The number of nitrogens with zero attached hydrogens (tertiary/aromatic N) is 2. The first kappa shape index (κ1) is 13.9. The summed E-state index contributed by atoms with van der Waals surface area (Å²) >= 11 is 0. The summed E-state index contributed by atoms with van der Waals surface area (Å²) in [6, 6.07) is 2.74. The Bertz CT molecular complexity index is 440. The van der Waals surface area contributed by atoms with Gasteiger partial charge in [0.05, 0.1) is 17.4 Å². The maximum Gasteiger partial charge on any atom is 0.244 e. The average molecular weight is 266 g/mol. The van der Waals surface area contributed by atoms with Gasteiger partial charge >= 0.3 is 0 Å². The number of halogens is 1. The number of piperazine rings is 1. The Morgan fingerprint density at radius 2 is 2.11 bits per heavy atom. The second kappa shape index (κ2) is 5.63. The number of nitrogens with one attached hydrogen (secondary N) is 2. The molecule has 0 aliphatic carbocycles. The van der Waals surface area contributed by atoms with Gasteiger partial charge in [0, 0.05) is 26.2 Å². The van der Waals surface area contributed by atoms with Gasteiger partial charge in [0.1, 0.15) is 0 Å². The Kier molecular flexibility index (Phi) is 4.11. The maximum absolute atomic E-state index is 12.7. The molecular formula is C13H19FN4O. The molecule has 0 saturated carbocycles. The Balaban J connectivity index is 2.03. The van der Waals surface area contributed by atoms with Crippen molar-refractivity contribution < 1.29 is 9.18 Å². The lowest BCUT2D eigenvalue weighted by Gasteiger charge is -2.39. The molecule has 2 rings (SSSR count). The van der Waals surface area contributed by atoms with Crippen LogP contribution in [0.2, 0.25) is 0 Å². The predicted molar refractivity (Wildman–Crippen MR) is 71.3 cm³/mol. The molecule has 0 radical (unpaired) electrons. The SMILES string of the molecule is CC(C)(C(=O)Nc1ccc(F)nc1)N1CCNCC1. The summed E-state index contributed by atoms with van der Waals surface area (Å²) in [5.74, 6) is -0.665. The highest BCUT2D eigenvalue weighted by Gasteiger charge is 2.35. The number of pyridine rings is 1. The molecule has 1 aromatic rings. The number of carbonyl (C=O) groups excluding carboxylic acids is 1. The number of anilines is 1. The Hall–Kier alpha value is -1.53. The first-order valence-electron chi connectivity index (χ1n) is 6.39. The van der Waals surface area contributed by atoms with Crippen molar-refractivity contribution in [2.24, 2.45) is 0 Å². The fourth-order valence-electron chi connectivity index (χ4n) is 2.10. The summed E-state index contributed by atoms with van der Waals surface area (Å²) < 4.78 is 12.7. The van der Waals surface area contributed by atoms with Crippen molar-refractivity contribution in [3.8, 4) is 0 Å². The molecule has 1 fully saturated rings. The molecule has 2 heterocycles. The van der Waals surface area contributed by atoms with Crippen LogP contribution < -0.4 is 10.6 Å². The largest absolute Gasteiger partial charge is 0.323 e. The van der Waals surface area contributed by atoms with E-state index in [1.54, 1.807) is 0 Å². The molecule has 0 aromatic carbocycles. The van der Waals surface area contributed by atoms with Crippen LogP contribution in [-0.2, 0) is 4.79 Å². The van der Waals surface area contributed by atoms with Crippen molar-refractivity contribution >= 4 is 11.6 Å². The highest BCUT2D eigenvalue weighted by atomic mass is 19.1. The van der Waals surface area contributed by atoms with Crippen molar-refractivity contribution in [3.63, 3.8) is 0 Å². The summed E-state index contributed by atoms with van der Waals surface area (Å²) in [4.78, 5) is 18.0. The molecule has 2 N–H and O–H groups in total. The lowest BCUT2D eigenvalue weighted by molar-refractivity contribution is -0.126. The minimum Gasteiger partial charge on any atom is -0.323 e. The third-order valence-corrected chi connectivity index (χ3v) is 3.45. The monoisotopic (exact) mass is 266 g/mol. The van der Waals surface area contributed by atoms with E-state index in [0.717, 1.165) is 26.2 Å². The standard InChI is InChI=1S/C13H19FN4O/c1-13(2,18-7-5-15-6-8-18)12(19)17-10-3-4-11(14)16-9-10/h3-4,9,15H,5-8H2,1-2H3,(H,17,19). The number of aromatic nitrogens is 1. The van der Waals surface area contributed by atoms with Gasteiger partial charge in [0.2, 0.25) is 11.9 Å². The molecule has 1 aliphatic heterocycles. The Morgan fingerprint density at radius 1 is 1.42 bits per heavy atom. The fraction of sp³-hybridized carbons (Fsp3) is 0.538. The van der Waals surface area contributed by atoms with E-state index in [2.05, 4.69) is 20.5 Å². The molecule has 1 aliphatic rings. The van der Waals surface area contributed by atoms with Crippen LogP contribution in [0, 0.1) is 5.95 Å². The maximum atomic E-state index is 12.7. The number of hydrogen-bond acceptors (Lipinski definition) is 4. The highest BCUT2D eigenvalue weighted by molar-refractivity contribution is 5.97. The third-order valence-electron chi connectivity index (χ3n) is 3.45. The fourth-order valence-corrected chi connectivity index (χ4v) is 2.10. The van der Waals surface area contributed by atoms with Crippen LogP contribution in [-0.4, -0.2) is 47.5 Å². The van der Waals surface area contributed by atoms with E-state index in [1.165, 1.54) is 18.3 Å². The molecule has 0 atom stereocenters. The van der Waals surface area contributed by atoms with Crippen molar-refractivity contribution in [1.82, 2.24) is 15.2 Å². The molecule has 5 nitrogen and oxygen atoms in total. The van der Waals surface area contributed by atoms with E-state index in [-0.39, 0.29) is 5.91 Å². The molecule has 1 aromatic heterocycles. The van der Waals surface area contributed by atoms with E-state index in [9.17, 15) is 9.18 Å². The topological polar surface area (TPSA) is 57.3 Å². The molecule has 104 valence electrons. The molecule has 19 heavy (non-hydrogen) atoms. The second-order valence-corrected chi connectivity index (χ2v) is 5.12. The van der Waals surface area contributed by atoms with Crippen molar-refractivity contribution in [2.75, 3.05) is 31.5 Å². The zero-order valence-electron chi connectivity index (χ0n) is 11.2. The Morgan fingerprint density at radius 3 is 2.68 bits per heavy atom. The summed E-state index contributed by atoms with van der Waals surface area (Å²) in [6.45, 7) is 7.23. The van der Waals surface area contributed by atoms with Gasteiger partial charge in [-0.2, -0.15) is 4.39 Å². The van der Waals surface area contributed by atoms with E-state index < -0.39 is 11.5 Å². The van der Waals surface area contributed by atoms with Gasteiger partial charge in [-0.3, -0.25) is 9.69 Å². The first-order valence-corrected chi connectivity index (χ1v) is 6.39. The van der Waals surface area contributed by atoms with Crippen LogP contribution in [0.3, 0.4) is 0 Å². The minimum absolute atomic E-state index is 0.109. The van der Waals surface area contributed by atoms with Crippen LogP contribution >= 0.6 is 0 Å². The normalized spacial score (nSPS) is 17.2. The van der Waals surface area contributed by atoms with Gasteiger partial charge in [-0.1, -0.05) is 0 Å². The highest BCUT2D eigenvalue weighted by Crippen LogP contribution is 2.18. The van der Waals surface area contributed by atoms with Gasteiger partial charge in [0.15, 0.2) is 0 Å². The van der Waals surface area contributed by atoms with Crippen LogP contribution in [0.1, 0.15) is 13.8 Å². The zero-order chi connectivity index (χ0) is 13.9. The molecule has 0 bridgehead atoms. The van der Waals surface area contributed by atoms with Crippen LogP contribution in [0.25, 0.3) is 0 Å². The number of rotatable bonds is 3. The summed E-state index contributed by atoms with van der Waals surface area (Å²) in [5, 5.41) is 6.03. The number of hydrogen-bond donors (Lipinski definition) is 2. The van der Waals surface area contributed by atoms with E-state index in [1.807, 2.05) is 13.8 Å². The molecular weight excluding hydrogens is 247 g/mol. The van der Waals surface area contributed by atoms with Crippen molar-refractivity contribution in [2.45, 2.75) is 19.4 Å². The van der Waals surface area contributed by atoms with Crippen LogP contribution in [0.4, 0.5) is 10.1 Å². The van der Waals surface area contributed by atoms with Gasteiger partial charge in [-0.15, -0.1) is 0 Å². The molecule has 1 amide bonds. The summed E-state index contributed by atoms with van der Waals surface area (Å²) in [5.41, 5.74) is -0.0918. The van der Waals surface area contributed by atoms with Crippen LogP contribution in [0.15, 0.2) is 18.3 Å². The molecule has 6 heteroatoms. The van der Waals surface area contributed by atoms with E-state index in [0.29, 0.717) is 5.69 Å². The summed E-state index contributed by atoms with van der Waals surface area (Å²) in [7, 11) is 0. The lowest BCUT2D eigenvalue weighted by Crippen LogP contribution is -2.58. The predicted octanol–water partition coefficient (Wildman–Crippen LogP) is 0.843. The van der Waals surface area contributed by atoms with Gasteiger partial charge in [-0.25, -0.2) is 4.98 Å². The number of carbonyl (C=O) groups is 1. The van der Waals surface area contributed by atoms with E-state index >= 15 is 0 Å². The van der Waals surface area contributed by atoms with Crippen molar-refractivity contribution in [3.05, 3.63) is 24.3 Å². The van der Waals surface area contributed by atoms with Gasteiger partial charge < -0.3 is 10.6 Å². The second-order valence-electron chi connectivity index (χ2n) is 5.12. The molecule has 1 saturated heterocycles. The summed E-state index contributed by atoms with van der Waals surface area (Å²) in [6.07, 6.45) is 1.32. The van der Waals surface area contributed by atoms with E-state index in [4.69, 9.17) is 0 Å². The minimum atomic E-state index is -0.601. The lowest BCUT2D eigenvalue weighted by atomic mass is 10.0.